The summed E-state index contributed by atoms with van der Waals surface area (Å²) in [6.45, 7) is 4.94. The van der Waals surface area contributed by atoms with Gasteiger partial charge >= 0.3 is 0 Å². The van der Waals surface area contributed by atoms with E-state index in [2.05, 4.69) is 26.8 Å². The zero-order valence-corrected chi connectivity index (χ0v) is 10.5. The van der Waals surface area contributed by atoms with Crippen LogP contribution in [-0.4, -0.2) is 44.9 Å². The van der Waals surface area contributed by atoms with Gasteiger partial charge in [0.1, 0.15) is 11.3 Å². The van der Waals surface area contributed by atoms with Crippen LogP contribution < -0.4 is 5.32 Å². The minimum atomic E-state index is -0.0172. The average molecular weight is 257 g/mol. The topological polar surface area (TPSA) is 73.9 Å². The Morgan fingerprint density at radius 3 is 3.37 bits per heavy atom. The smallest absolute Gasteiger partial charge is 0.246 e. The third kappa shape index (κ3) is 2.29. The van der Waals surface area contributed by atoms with Crippen LogP contribution >= 0.6 is 0 Å². The third-order valence-electron chi connectivity index (χ3n) is 3.29. The number of amides is 1. The van der Waals surface area contributed by atoms with Crippen LogP contribution in [0.4, 0.5) is 5.82 Å². The summed E-state index contributed by atoms with van der Waals surface area (Å²) in [4.78, 5) is 25.0. The molecule has 1 aliphatic heterocycles. The van der Waals surface area contributed by atoms with E-state index in [0.717, 1.165) is 29.9 Å². The molecule has 3 heterocycles. The van der Waals surface area contributed by atoms with E-state index in [0.29, 0.717) is 6.54 Å². The van der Waals surface area contributed by atoms with Crippen LogP contribution in [0.3, 0.4) is 0 Å². The van der Waals surface area contributed by atoms with Crippen molar-refractivity contribution in [2.75, 3.05) is 18.4 Å². The summed E-state index contributed by atoms with van der Waals surface area (Å²) in [5.74, 6) is 0.724. The molecule has 98 valence electrons. The minimum Gasteiger partial charge on any atom is -0.364 e. The summed E-state index contributed by atoms with van der Waals surface area (Å²) in [6, 6.07) is 2.10. The van der Waals surface area contributed by atoms with Crippen LogP contribution in [0, 0.1) is 0 Å². The zero-order chi connectivity index (χ0) is 13.2. The van der Waals surface area contributed by atoms with E-state index in [1.807, 2.05) is 12.3 Å². The number of aromatic amines is 1. The van der Waals surface area contributed by atoms with Crippen molar-refractivity contribution in [3.05, 3.63) is 31.1 Å². The van der Waals surface area contributed by atoms with Crippen molar-refractivity contribution < 1.29 is 4.79 Å². The normalized spacial score (nSPS) is 18.7. The largest absolute Gasteiger partial charge is 0.364 e. The van der Waals surface area contributed by atoms with Crippen LogP contribution in [-0.2, 0) is 4.79 Å². The van der Waals surface area contributed by atoms with E-state index in [1.165, 1.54) is 6.08 Å². The minimum absolute atomic E-state index is 0.0172. The lowest BCUT2D eigenvalue weighted by molar-refractivity contribution is -0.125. The molecular formula is C13H15N5O. The SMILES string of the molecule is C=CC(=O)N1CC[C@@H](Nc2cnc3[nH]ccc3n2)C1. The first kappa shape index (κ1) is 11.7. The van der Waals surface area contributed by atoms with Crippen molar-refractivity contribution in [3.63, 3.8) is 0 Å². The third-order valence-corrected chi connectivity index (χ3v) is 3.29. The number of H-pyrrole nitrogens is 1. The fraction of sp³-hybridized carbons (Fsp3) is 0.308. The molecule has 1 saturated heterocycles. The van der Waals surface area contributed by atoms with Gasteiger partial charge < -0.3 is 15.2 Å². The lowest BCUT2D eigenvalue weighted by Gasteiger charge is -2.15. The molecule has 2 N–H and O–H groups in total. The molecule has 0 bridgehead atoms. The molecule has 0 aromatic carbocycles. The van der Waals surface area contributed by atoms with Crippen molar-refractivity contribution in [2.45, 2.75) is 12.5 Å². The summed E-state index contributed by atoms with van der Waals surface area (Å²) >= 11 is 0. The fourth-order valence-electron chi connectivity index (χ4n) is 2.32. The van der Waals surface area contributed by atoms with Crippen LogP contribution in [0.1, 0.15) is 6.42 Å². The van der Waals surface area contributed by atoms with Gasteiger partial charge in [-0.2, -0.15) is 0 Å². The molecule has 6 nitrogen and oxygen atoms in total. The van der Waals surface area contributed by atoms with Gasteiger partial charge in [-0.25, -0.2) is 9.97 Å². The second kappa shape index (κ2) is 4.72. The molecule has 1 aliphatic rings. The second-order valence-electron chi connectivity index (χ2n) is 4.59. The number of hydrogen-bond donors (Lipinski definition) is 2. The van der Waals surface area contributed by atoms with Gasteiger partial charge in [-0.15, -0.1) is 0 Å². The highest BCUT2D eigenvalue weighted by molar-refractivity contribution is 5.87. The Hall–Kier alpha value is -2.37. The molecule has 0 radical (unpaired) electrons. The quantitative estimate of drug-likeness (QED) is 0.809. The number of hydrogen-bond acceptors (Lipinski definition) is 4. The van der Waals surface area contributed by atoms with E-state index >= 15 is 0 Å². The molecule has 2 aromatic rings. The highest BCUT2D eigenvalue weighted by Crippen LogP contribution is 2.16. The van der Waals surface area contributed by atoms with Gasteiger partial charge in [0.05, 0.1) is 6.20 Å². The van der Waals surface area contributed by atoms with Gasteiger partial charge in [0.15, 0.2) is 5.65 Å². The number of carbonyl (C=O) groups excluding carboxylic acids is 1. The van der Waals surface area contributed by atoms with Gasteiger partial charge in [0.2, 0.25) is 5.91 Å². The first-order chi connectivity index (χ1) is 9.26. The summed E-state index contributed by atoms with van der Waals surface area (Å²) in [5.41, 5.74) is 1.61. The van der Waals surface area contributed by atoms with Gasteiger partial charge in [-0.05, 0) is 18.6 Å². The first-order valence-electron chi connectivity index (χ1n) is 6.24. The Morgan fingerprint density at radius 1 is 1.63 bits per heavy atom. The van der Waals surface area contributed by atoms with Crippen LogP contribution in [0.25, 0.3) is 11.2 Å². The first-order valence-corrected chi connectivity index (χ1v) is 6.24. The van der Waals surface area contributed by atoms with Crippen LogP contribution in [0.5, 0.6) is 0 Å². The molecule has 1 amide bonds. The van der Waals surface area contributed by atoms with Gasteiger partial charge in [-0.1, -0.05) is 6.58 Å². The van der Waals surface area contributed by atoms with Gasteiger partial charge in [0, 0.05) is 25.3 Å². The Morgan fingerprint density at radius 2 is 2.53 bits per heavy atom. The van der Waals surface area contributed by atoms with Crippen molar-refractivity contribution in [1.29, 1.82) is 0 Å². The van der Waals surface area contributed by atoms with E-state index in [-0.39, 0.29) is 11.9 Å². The number of carbonyl (C=O) groups is 1. The van der Waals surface area contributed by atoms with E-state index in [1.54, 1.807) is 11.1 Å². The number of aromatic nitrogens is 3. The predicted molar refractivity (Wildman–Crippen MR) is 72.7 cm³/mol. The fourth-order valence-corrected chi connectivity index (χ4v) is 2.32. The number of nitrogens with one attached hydrogen (secondary N) is 2. The van der Waals surface area contributed by atoms with E-state index in [4.69, 9.17) is 0 Å². The Bertz CT molecular complexity index is 620. The van der Waals surface area contributed by atoms with Crippen molar-refractivity contribution >= 4 is 22.9 Å². The molecule has 19 heavy (non-hydrogen) atoms. The number of fused-ring (bicyclic) bond motifs is 1. The molecular weight excluding hydrogens is 242 g/mol. The Labute approximate surface area is 110 Å². The lowest BCUT2D eigenvalue weighted by Crippen LogP contribution is -2.30. The van der Waals surface area contributed by atoms with Gasteiger partial charge in [0.25, 0.3) is 0 Å². The van der Waals surface area contributed by atoms with Crippen LogP contribution in [0.2, 0.25) is 0 Å². The number of nitrogens with zero attached hydrogens (tertiary/aromatic N) is 3. The molecule has 3 rings (SSSR count). The molecule has 0 saturated carbocycles. The van der Waals surface area contributed by atoms with E-state index < -0.39 is 0 Å². The number of anilines is 1. The summed E-state index contributed by atoms with van der Waals surface area (Å²) in [5, 5.41) is 3.32. The van der Waals surface area contributed by atoms with E-state index in [9.17, 15) is 4.79 Å². The van der Waals surface area contributed by atoms with Crippen molar-refractivity contribution in [1.82, 2.24) is 19.9 Å². The molecule has 1 atom stereocenters. The highest BCUT2D eigenvalue weighted by Gasteiger charge is 2.24. The monoisotopic (exact) mass is 257 g/mol. The summed E-state index contributed by atoms with van der Waals surface area (Å²) < 4.78 is 0. The summed E-state index contributed by atoms with van der Waals surface area (Å²) in [7, 11) is 0. The van der Waals surface area contributed by atoms with Crippen molar-refractivity contribution in [3.8, 4) is 0 Å². The maximum absolute atomic E-state index is 11.5. The molecule has 2 aromatic heterocycles. The molecule has 1 fully saturated rings. The summed E-state index contributed by atoms with van der Waals surface area (Å²) in [6.07, 6.45) is 5.78. The highest BCUT2D eigenvalue weighted by atomic mass is 16.2. The maximum Gasteiger partial charge on any atom is 0.246 e. The second-order valence-corrected chi connectivity index (χ2v) is 4.59. The van der Waals surface area contributed by atoms with Crippen molar-refractivity contribution in [2.24, 2.45) is 0 Å². The standard InChI is InChI=1S/C13H15N5O/c1-2-12(19)18-6-4-9(8-18)16-11-7-15-13-10(17-11)3-5-14-13/h2-3,5,7,9H,1,4,6,8H2,(H,14,15)(H,16,17)/t9-/m1/s1. The van der Waals surface area contributed by atoms with Crippen LogP contribution in [0.15, 0.2) is 31.1 Å². The number of rotatable bonds is 3. The Kier molecular flexibility index (Phi) is 2.91. The molecule has 0 unspecified atom stereocenters. The zero-order valence-electron chi connectivity index (χ0n) is 10.5. The molecule has 6 heteroatoms. The lowest BCUT2D eigenvalue weighted by atomic mass is 10.2. The van der Waals surface area contributed by atoms with Gasteiger partial charge in [-0.3, -0.25) is 4.79 Å². The molecule has 0 aliphatic carbocycles. The average Bonchev–Trinajstić information content (AvgIpc) is 3.06. The Balaban J connectivity index is 1.68. The maximum atomic E-state index is 11.5. The molecule has 0 spiro atoms. The predicted octanol–water partition coefficient (Wildman–Crippen LogP) is 1.16. The number of likely N-dealkylation sites (tertiary alicyclic amines) is 1.